The zero-order chi connectivity index (χ0) is 14.8. The van der Waals surface area contributed by atoms with Gasteiger partial charge >= 0.3 is 0 Å². The third-order valence-electron chi connectivity index (χ3n) is 3.25. The van der Waals surface area contributed by atoms with Gasteiger partial charge in [-0.3, -0.25) is 9.78 Å². The Morgan fingerprint density at radius 2 is 1.62 bits per heavy atom. The van der Waals surface area contributed by atoms with Crippen LogP contribution in [0.3, 0.4) is 0 Å². The van der Waals surface area contributed by atoms with E-state index in [1.807, 2.05) is 48.5 Å². The van der Waals surface area contributed by atoms with Crippen LogP contribution in [0.25, 0.3) is 10.8 Å². The number of hydrogen-bond acceptors (Lipinski definition) is 2. The molecule has 1 heterocycles. The van der Waals surface area contributed by atoms with Gasteiger partial charge in [0.1, 0.15) is 0 Å². The lowest BCUT2D eigenvalue weighted by Crippen LogP contribution is -2.04. The number of ketones is 1. The highest BCUT2D eigenvalue weighted by atomic mass is 79.9. The van der Waals surface area contributed by atoms with Crippen molar-refractivity contribution in [2.24, 2.45) is 0 Å². The smallest absolute Gasteiger partial charge is 0.168 e. The fraction of sp³-hybridized carbons (Fsp3) is 0.0588. The average Bonchev–Trinajstić information content (AvgIpc) is 2.49. The summed E-state index contributed by atoms with van der Waals surface area (Å²) in [4.78, 5) is 16.6. The van der Waals surface area contributed by atoms with Gasteiger partial charge in [-0.05, 0) is 57.0 Å². The van der Waals surface area contributed by atoms with Gasteiger partial charge in [-0.15, -0.1) is 0 Å². The molecule has 104 valence electrons. The minimum absolute atomic E-state index is 0.0784. The largest absolute Gasteiger partial charge is 0.294 e. The molecule has 0 saturated heterocycles. The number of benzene rings is 2. The van der Waals surface area contributed by atoms with Crippen LogP contribution in [0, 0.1) is 0 Å². The van der Waals surface area contributed by atoms with Crippen LogP contribution in [0.15, 0.2) is 63.7 Å². The van der Waals surface area contributed by atoms with E-state index < -0.39 is 0 Å². The Morgan fingerprint density at radius 3 is 2.38 bits per heavy atom. The Hall–Kier alpha value is -1.52. The summed E-state index contributed by atoms with van der Waals surface area (Å²) in [5, 5.41) is 2.18. The molecule has 2 nitrogen and oxygen atoms in total. The number of nitrogens with zero attached hydrogens (tertiary/aromatic N) is 1. The Bertz CT molecular complexity index is 813. The summed E-state index contributed by atoms with van der Waals surface area (Å²) in [5.41, 5.74) is 1.49. The second-order valence-electron chi connectivity index (χ2n) is 4.77. The molecular weight excluding hydrogens is 394 g/mol. The Balaban J connectivity index is 1.87. The molecule has 0 saturated carbocycles. The van der Waals surface area contributed by atoms with Crippen molar-refractivity contribution < 1.29 is 4.79 Å². The molecule has 0 aliphatic rings. The summed E-state index contributed by atoms with van der Waals surface area (Å²) in [6, 6.07) is 15.6. The first-order valence-electron chi connectivity index (χ1n) is 6.45. The van der Waals surface area contributed by atoms with E-state index in [2.05, 4.69) is 36.8 Å². The van der Waals surface area contributed by atoms with Gasteiger partial charge in [0.15, 0.2) is 5.78 Å². The number of Topliss-reactive ketones (excluding diaryl/α,β-unsaturated/α-hetero) is 1. The number of carbonyl (C=O) groups is 1. The van der Waals surface area contributed by atoms with Crippen LogP contribution in [-0.4, -0.2) is 10.8 Å². The van der Waals surface area contributed by atoms with Gasteiger partial charge in [-0.1, -0.05) is 34.1 Å². The molecule has 0 amide bonds. The van der Waals surface area contributed by atoms with Gasteiger partial charge in [0.25, 0.3) is 0 Å². The number of aromatic nitrogens is 1. The first-order chi connectivity index (χ1) is 10.1. The van der Waals surface area contributed by atoms with E-state index in [-0.39, 0.29) is 5.78 Å². The zero-order valence-corrected chi connectivity index (χ0v) is 14.2. The molecule has 0 radical (unpaired) electrons. The normalized spacial score (nSPS) is 10.8. The van der Waals surface area contributed by atoms with Gasteiger partial charge in [0.2, 0.25) is 0 Å². The number of rotatable bonds is 3. The van der Waals surface area contributed by atoms with Gasteiger partial charge < -0.3 is 0 Å². The number of halogens is 2. The van der Waals surface area contributed by atoms with Crippen LogP contribution < -0.4 is 0 Å². The van der Waals surface area contributed by atoms with Crippen LogP contribution in [0.2, 0.25) is 0 Å². The van der Waals surface area contributed by atoms with Gasteiger partial charge in [-0.2, -0.15) is 0 Å². The molecule has 0 atom stereocenters. The maximum atomic E-state index is 12.3. The van der Waals surface area contributed by atoms with E-state index in [1.165, 1.54) is 0 Å². The van der Waals surface area contributed by atoms with Crippen molar-refractivity contribution in [1.82, 2.24) is 4.98 Å². The van der Waals surface area contributed by atoms with Crippen molar-refractivity contribution >= 4 is 48.4 Å². The van der Waals surface area contributed by atoms with Gasteiger partial charge in [0, 0.05) is 26.4 Å². The summed E-state index contributed by atoms with van der Waals surface area (Å²) in [7, 11) is 0. The summed E-state index contributed by atoms with van der Waals surface area (Å²) in [6.45, 7) is 0. The minimum Gasteiger partial charge on any atom is -0.294 e. The monoisotopic (exact) mass is 403 g/mol. The minimum atomic E-state index is 0.0784. The molecule has 0 aliphatic heterocycles. The van der Waals surface area contributed by atoms with E-state index in [0.29, 0.717) is 6.42 Å². The molecule has 0 N–H and O–H groups in total. The third kappa shape index (κ3) is 3.39. The molecule has 21 heavy (non-hydrogen) atoms. The number of hydrogen-bond donors (Lipinski definition) is 0. The molecule has 0 fully saturated rings. The average molecular weight is 405 g/mol. The quantitative estimate of drug-likeness (QED) is 0.562. The molecule has 2 aromatic carbocycles. The van der Waals surface area contributed by atoms with Crippen molar-refractivity contribution in [3.8, 4) is 0 Å². The van der Waals surface area contributed by atoms with Gasteiger partial charge in [0.05, 0.1) is 6.42 Å². The molecule has 4 heteroatoms. The molecule has 0 spiro atoms. The Morgan fingerprint density at radius 1 is 0.905 bits per heavy atom. The number of carbonyl (C=O) groups excluding carboxylic acids is 1. The summed E-state index contributed by atoms with van der Waals surface area (Å²) in [5.74, 6) is 0.0784. The standard InChI is InChI=1S/C17H11Br2NO/c18-14-4-3-11-7-13(2-1-12(11)8-14)17(21)9-16-6-5-15(19)10-20-16/h1-8,10H,9H2. The lowest BCUT2D eigenvalue weighted by molar-refractivity contribution is 0.0992. The van der Waals surface area contributed by atoms with Gasteiger partial charge in [-0.25, -0.2) is 0 Å². The molecular formula is C17H11Br2NO. The molecule has 3 aromatic rings. The lowest BCUT2D eigenvalue weighted by Gasteiger charge is -2.04. The van der Waals surface area contributed by atoms with Crippen LogP contribution in [0.1, 0.15) is 16.1 Å². The highest BCUT2D eigenvalue weighted by Crippen LogP contribution is 2.21. The van der Waals surface area contributed by atoms with E-state index in [4.69, 9.17) is 0 Å². The number of pyridine rings is 1. The third-order valence-corrected chi connectivity index (χ3v) is 4.22. The first-order valence-corrected chi connectivity index (χ1v) is 8.03. The number of fused-ring (bicyclic) bond motifs is 1. The second-order valence-corrected chi connectivity index (χ2v) is 6.61. The Kier molecular flexibility index (Phi) is 4.17. The van der Waals surface area contributed by atoms with Crippen molar-refractivity contribution in [3.63, 3.8) is 0 Å². The van der Waals surface area contributed by atoms with E-state index in [1.54, 1.807) is 6.20 Å². The van der Waals surface area contributed by atoms with Crippen LogP contribution in [-0.2, 0) is 6.42 Å². The highest BCUT2D eigenvalue weighted by molar-refractivity contribution is 9.10. The van der Waals surface area contributed by atoms with Crippen molar-refractivity contribution in [2.45, 2.75) is 6.42 Å². The maximum Gasteiger partial charge on any atom is 0.168 e. The predicted octanol–water partition coefficient (Wildman–Crippen LogP) is 5.19. The lowest BCUT2D eigenvalue weighted by atomic mass is 10.0. The fourth-order valence-electron chi connectivity index (χ4n) is 2.17. The van der Waals surface area contributed by atoms with Crippen molar-refractivity contribution in [1.29, 1.82) is 0 Å². The SMILES string of the molecule is O=C(Cc1ccc(Br)cn1)c1ccc2cc(Br)ccc2c1. The van der Waals surface area contributed by atoms with Crippen LogP contribution >= 0.6 is 31.9 Å². The first kappa shape index (κ1) is 14.4. The molecule has 1 aromatic heterocycles. The summed E-state index contributed by atoms with van der Waals surface area (Å²) in [6.07, 6.45) is 2.02. The Labute approximate surface area is 139 Å². The summed E-state index contributed by atoms with van der Waals surface area (Å²) >= 11 is 6.79. The van der Waals surface area contributed by atoms with E-state index in [9.17, 15) is 4.79 Å². The van der Waals surface area contributed by atoms with Crippen molar-refractivity contribution in [3.05, 3.63) is 74.9 Å². The van der Waals surface area contributed by atoms with Crippen molar-refractivity contribution in [2.75, 3.05) is 0 Å². The molecule has 0 unspecified atom stereocenters. The van der Waals surface area contributed by atoms with E-state index in [0.717, 1.165) is 31.0 Å². The zero-order valence-electron chi connectivity index (χ0n) is 11.0. The summed E-state index contributed by atoms with van der Waals surface area (Å²) < 4.78 is 1.95. The molecule has 0 bridgehead atoms. The second kappa shape index (κ2) is 6.08. The molecule has 3 rings (SSSR count). The van der Waals surface area contributed by atoms with Crippen LogP contribution in [0.4, 0.5) is 0 Å². The predicted molar refractivity (Wildman–Crippen MR) is 91.6 cm³/mol. The highest BCUT2D eigenvalue weighted by Gasteiger charge is 2.09. The fourth-order valence-corrected chi connectivity index (χ4v) is 2.78. The van der Waals surface area contributed by atoms with Crippen LogP contribution in [0.5, 0.6) is 0 Å². The van der Waals surface area contributed by atoms with E-state index >= 15 is 0 Å². The topological polar surface area (TPSA) is 30.0 Å². The maximum absolute atomic E-state index is 12.3. The molecule has 0 aliphatic carbocycles.